The number of hydrogen-bond acceptors (Lipinski definition) is 6. The molecule has 1 aromatic heterocycles. The van der Waals surface area contributed by atoms with E-state index < -0.39 is 10.8 Å². The number of nitrogens with zero attached hydrogens (tertiary/aromatic N) is 2. The molecule has 0 saturated heterocycles. The van der Waals surface area contributed by atoms with E-state index in [4.69, 9.17) is 4.42 Å². The van der Waals surface area contributed by atoms with Gasteiger partial charge in [-0.05, 0) is 20.4 Å². The van der Waals surface area contributed by atoms with E-state index in [9.17, 15) is 4.21 Å². The molecular formula is C10H20N4O2S. The van der Waals surface area contributed by atoms with Gasteiger partial charge in [-0.2, -0.15) is 0 Å². The minimum Gasteiger partial charge on any atom is -0.406 e. The lowest BCUT2D eigenvalue weighted by Gasteiger charge is -2.07. The van der Waals surface area contributed by atoms with Crippen molar-refractivity contribution in [3.8, 4) is 0 Å². The van der Waals surface area contributed by atoms with E-state index in [0.717, 1.165) is 6.42 Å². The molecule has 0 amide bonds. The summed E-state index contributed by atoms with van der Waals surface area (Å²) in [5.74, 6) is 0.558. The lowest BCUT2D eigenvalue weighted by molar-refractivity contribution is 0.441. The largest absolute Gasteiger partial charge is 0.406 e. The summed E-state index contributed by atoms with van der Waals surface area (Å²) in [5.41, 5.74) is 0. The molecule has 1 heterocycles. The Hall–Kier alpha value is -0.950. The van der Waals surface area contributed by atoms with Gasteiger partial charge in [0.2, 0.25) is 5.89 Å². The van der Waals surface area contributed by atoms with Crippen molar-refractivity contribution in [1.82, 2.24) is 15.5 Å². The molecule has 17 heavy (non-hydrogen) atoms. The van der Waals surface area contributed by atoms with Gasteiger partial charge < -0.3 is 15.1 Å². The highest BCUT2D eigenvalue weighted by atomic mass is 32.2. The molecule has 2 N–H and O–H groups in total. The van der Waals surface area contributed by atoms with Gasteiger partial charge in [-0.1, -0.05) is 12.0 Å². The number of hydrogen-bond donors (Lipinski definition) is 2. The van der Waals surface area contributed by atoms with Crippen LogP contribution in [0.3, 0.4) is 0 Å². The van der Waals surface area contributed by atoms with Crippen LogP contribution in [-0.2, 0) is 10.8 Å². The summed E-state index contributed by atoms with van der Waals surface area (Å²) < 4.78 is 16.5. The van der Waals surface area contributed by atoms with Gasteiger partial charge in [-0.25, -0.2) is 0 Å². The number of nitrogens with one attached hydrogen (secondary N) is 2. The van der Waals surface area contributed by atoms with Crippen molar-refractivity contribution in [3.63, 3.8) is 0 Å². The molecule has 0 fully saturated rings. The molecule has 1 aromatic rings. The van der Waals surface area contributed by atoms with E-state index in [0.29, 0.717) is 18.5 Å². The van der Waals surface area contributed by atoms with E-state index in [-0.39, 0.29) is 11.3 Å². The van der Waals surface area contributed by atoms with Crippen LogP contribution in [-0.4, -0.2) is 39.5 Å². The summed E-state index contributed by atoms with van der Waals surface area (Å²) in [7, 11) is 1.05. The lowest BCUT2D eigenvalue weighted by atomic mass is 10.3. The predicted octanol–water partition coefficient (Wildman–Crippen LogP) is 0.919. The Kier molecular flexibility index (Phi) is 5.57. The molecule has 98 valence electrons. The molecule has 1 rings (SSSR count). The Balaban J connectivity index is 2.37. The van der Waals surface area contributed by atoms with Gasteiger partial charge in [-0.3, -0.25) is 4.21 Å². The van der Waals surface area contributed by atoms with Crippen LogP contribution in [0.15, 0.2) is 4.42 Å². The van der Waals surface area contributed by atoms with Crippen LogP contribution >= 0.6 is 0 Å². The first-order chi connectivity index (χ1) is 8.04. The first kappa shape index (κ1) is 14.1. The number of rotatable bonds is 7. The SMILES string of the molecule is CNC(C)c1nnc(NCCC(C)S(C)=O)o1. The highest BCUT2D eigenvalue weighted by Crippen LogP contribution is 2.13. The highest BCUT2D eigenvalue weighted by molar-refractivity contribution is 7.84. The third kappa shape index (κ3) is 4.43. The third-order valence-corrected chi connectivity index (χ3v) is 4.01. The zero-order chi connectivity index (χ0) is 12.8. The maximum Gasteiger partial charge on any atom is 0.315 e. The average molecular weight is 260 g/mol. The van der Waals surface area contributed by atoms with Crippen molar-refractivity contribution in [2.45, 2.75) is 31.6 Å². The second kappa shape index (κ2) is 6.70. The fourth-order valence-corrected chi connectivity index (χ4v) is 1.60. The molecule has 3 unspecified atom stereocenters. The lowest BCUT2D eigenvalue weighted by Crippen LogP contribution is -2.15. The van der Waals surface area contributed by atoms with Crippen molar-refractivity contribution in [2.24, 2.45) is 0 Å². The Morgan fingerprint density at radius 3 is 2.71 bits per heavy atom. The highest BCUT2D eigenvalue weighted by Gasteiger charge is 2.12. The van der Waals surface area contributed by atoms with Crippen LogP contribution < -0.4 is 10.6 Å². The molecule has 0 aliphatic heterocycles. The molecule has 6 nitrogen and oxygen atoms in total. The molecule has 0 saturated carbocycles. The molecule has 0 radical (unpaired) electrons. The fraction of sp³-hybridized carbons (Fsp3) is 0.800. The van der Waals surface area contributed by atoms with Crippen LogP contribution in [0.4, 0.5) is 6.01 Å². The van der Waals surface area contributed by atoms with Gasteiger partial charge in [0.15, 0.2) is 0 Å². The first-order valence-electron chi connectivity index (χ1n) is 5.61. The van der Waals surface area contributed by atoms with Crippen LogP contribution in [0.2, 0.25) is 0 Å². The quantitative estimate of drug-likeness (QED) is 0.759. The molecule has 0 aliphatic rings. The van der Waals surface area contributed by atoms with Crippen molar-refractivity contribution < 1.29 is 8.63 Å². The van der Waals surface area contributed by atoms with Crippen molar-refractivity contribution in [3.05, 3.63) is 5.89 Å². The predicted molar refractivity (Wildman–Crippen MR) is 68.4 cm³/mol. The standard InChI is InChI=1S/C10H20N4O2S/c1-7(17(4)15)5-6-12-10-14-13-9(16-10)8(2)11-3/h7-8,11H,5-6H2,1-4H3,(H,12,14). The molecule has 3 atom stereocenters. The summed E-state index contributed by atoms with van der Waals surface area (Å²) in [6, 6.07) is 0.455. The van der Waals surface area contributed by atoms with Crippen molar-refractivity contribution in [1.29, 1.82) is 0 Å². The minimum absolute atomic E-state index is 0.0418. The van der Waals surface area contributed by atoms with E-state index in [1.165, 1.54) is 0 Å². The van der Waals surface area contributed by atoms with Gasteiger partial charge in [-0.15, -0.1) is 5.10 Å². The van der Waals surface area contributed by atoms with Gasteiger partial charge in [0, 0.05) is 28.9 Å². The fourth-order valence-electron chi connectivity index (χ4n) is 1.15. The topological polar surface area (TPSA) is 80.0 Å². The summed E-state index contributed by atoms with van der Waals surface area (Å²) in [6.45, 7) is 4.58. The monoisotopic (exact) mass is 260 g/mol. The first-order valence-corrected chi connectivity index (χ1v) is 7.23. The maximum atomic E-state index is 11.1. The Morgan fingerprint density at radius 2 is 2.12 bits per heavy atom. The van der Waals surface area contributed by atoms with E-state index in [1.807, 2.05) is 20.9 Å². The Bertz CT molecular complexity index is 369. The second-order valence-electron chi connectivity index (χ2n) is 3.98. The van der Waals surface area contributed by atoms with Crippen LogP contribution in [0.1, 0.15) is 32.2 Å². The van der Waals surface area contributed by atoms with Crippen LogP contribution in [0, 0.1) is 0 Å². The van der Waals surface area contributed by atoms with Crippen molar-refractivity contribution in [2.75, 3.05) is 25.2 Å². The van der Waals surface area contributed by atoms with Gasteiger partial charge in [0.1, 0.15) is 0 Å². The molecule has 0 aromatic carbocycles. The van der Waals surface area contributed by atoms with Crippen LogP contribution in [0.5, 0.6) is 0 Å². The van der Waals surface area contributed by atoms with Crippen LogP contribution in [0.25, 0.3) is 0 Å². The van der Waals surface area contributed by atoms with E-state index >= 15 is 0 Å². The van der Waals surface area contributed by atoms with Gasteiger partial charge in [0.05, 0.1) is 6.04 Å². The molecule has 7 heteroatoms. The molecule has 0 bridgehead atoms. The average Bonchev–Trinajstić information content (AvgIpc) is 2.76. The Labute approximate surface area is 104 Å². The number of aromatic nitrogens is 2. The molecular weight excluding hydrogens is 240 g/mol. The summed E-state index contributed by atoms with van der Waals surface area (Å²) >= 11 is 0. The van der Waals surface area contributed by atoms with Gasteiger partial charge >= 0.3 is 6.01 Å². The second-order valence-corrected chi connectivity index (χ2v) is 5.78. The molecule has 0 aliphatic carbocycles. The van der Waals surface area contributed by atoms with E-state index in [2.05, 4.69) is 20.8 Å². The molecule has 0 spiro atoms. The van der Waals surface area contributed by atoms with Crippen molar-refractivity contribution >= 4 is 16.8 Å². The van der Waals surface area contributed by atoms with Gasteiger partial charge in [0.25, 0.3) is 0 Å². The zero-order valence-corrected chi connectivity index (χ0v) is 11.5. The minimum atomic E-state index is -0.788. The smallest absolute Gasteiger partial charge is 0.315 e. The summed E-state index contributed by atoms with van der Waals surface area (Å²) in [5, 5.41) is 14.0. The van der Waals surface area contributed by atoms with E-state index in [1.54, 1.807) is 6.26 Å². The third-order valence-electron chi connectivity index (χ3n) is 2.64. The Morgan fingerprint density at radius 1 is 1.41 bits per heavy atom. The number of anilines is 1. The normalized spacial score (nSPS) is 16.5. The summed E-state index contributed by atoms with van der Waals surface area (Å²) in [4.78, 5) is 0. The maximum absolute atomic E-state index is 11.1. The summed E-state index contributed by atoms with van der Waals surface area (Å²) in [6.07, 6.45) is 2.52. The zero-order valence-electron chi connectivity index (χ0n) is 10.7.